The minimum Gasteiger partial charge on any atom is -0.381 e. The number of rotatable bonds is 4. The average molecular weight is 346 g/mol. The lowest BCUT2D eigenvalue weighted by molar-refractivity contribution is -0.119. The number of anilines is 2. The number of nitrogens with zero attached hydrogens (tertiary/aromatic N) is 1. The van der Waals surface area contributed by atoms with Crippen LogP contribution in [0.5, 0.6) is 0 Å². The van der Waals surface area contributed by atoms with Crippen LogP contribution in [0.3, 0.4) is 0 Å². The van der Waals surface area contributed by atoms with Crippen molar-refractivity contribution >= 4 is 34.9 Å². The largest absolute Gasteiger partial charge is 0.381 e. The standard InChI is InChI=1S/C17H16ClN3O3/c18-12-5-6-15(19-9-12)21-17(23)13-3-1-2-4-14(13)20-16(22)11-7-8-24-10-11/h1-6,9,11H,7-8,10H2,(H,20,22)(H,19,21,23)/t11-/m0/s1. The SMILES string of the molecule is O=C(Nc1ccc(Cl)cn1)c1ccccc1NC(=O)[C@H]1CCOC1. The molecule has 7 heteroatoms. The van der Waals surface area contributed by atoms with Crippen LogP contribution in [0, 0.1) is 5.92 Å². The Balaban J connectivity index is 1.74. The number of aromatic nitrogens is 1. The van der Waals surface area contributed by atoms with E-state index >= 15 is 0 Å². The second-order valence-electron chi connectivity index (χ2n) is 5.41. The lowest BCUT2D eigenvalue weighted by Gasteiger charge is -2.13. The molecule has 24 heavy (non-hydrogen) atoms. The predicted octanol–water partition coefficient (Wildman–Crippen LogP) is 2.96. The third kappa shape index (κ3) is 3.90. The molecule has 1 aromatic carbocycles. The Kier molecular flexibility index (Phi) is 5.08. The minimum atomic E-state index is -0.358. The highest BCUT2D eigenvalue weighted by Crippen LogP contribution is 2.20. The van der Waals surface area contributed by atoms with E-state index in [9.17, 15) is 9.59 Å². The maximum atomic E-state index is 12.5. The average Bonchev–Trinajstić information content (AvgIpc) is 3.12. The number of benzene rings is 1. The Morgan fingerprint density at radius 3 is 2.71 bits per heavy atom. The number of ether oxygens (including phenoxy) is 1. The Bertz CT molecular complexity index is 743. The Morgan fingerprint density at radius 2 is 2.00 bits per heavy atom. The van der Waals surface area contributed by atoms with Gasteiger partial charge in [-0.1, -0.05) is 23.7 Å². The molecule has 124 valence electrons. The van der Waals surface area contributed by atoms with Crippen molar-refractivity contribution in [1.82, 2.24) is 4.98 Å². The van der Waals surface area contributed by atoms with E-state index in [0.717, 1.165) is 0 Å². The molecule has 0 spiro atoms. The van der Waals surface area contributed by atoms with Gasteiger partial charge in [-0.2, -0.15) is 0 Å². The van der Waals surface area contributed by atoms with Gasteiger partial charge < -0.3 is 15.4 Å². The zero-order valence-electron chi connectivity index (χ0n) is 12.8. The molecule has 1 aliphatic rings. The summed E-state index contributed by atoms with van der Waals surface area (Å²) in [6.45, 7) is 0.997. The summed E-state index contributed by atoms with van der Waals surface area (Å²) in [5, 5.41) is 5.98. The first-order valence-corrected chi connectivity index (χ1v) is 7.92. The second-order valence-corrected chi connectivity index (χ2v) is 5.85. The molecule has 2 aromatic rings. The number of hydrogen-bond acceptors (Lipinski definition) is 4. The van der Waals surface area contributed by atoms with Crippen LogP contribution in [0.25, 0.3) is 0 Å². The molecule has 3 rings (SSSR count). The highest BCUT2D eigenvalue weighted by molar-refractivity contribution is 6.30. The highest BCUT2D eigenvalue weighted by Gasteiger charge is 2.24. The number of nitrogens with one attached hydrogen (secondary N) is 2. The third-order valence-corrected chi connectivity index (χ3v) is 3.92. The normalized spacial score (nSPS) is 16.6. The van der Waals surface area contributed by atoms with Gasteiger partial charge in [0.25, 0.3) is 5.91 Å². The van der Waals surface area contributed by atoms with E-state index in [2.05, 4.69) is 15.6 Å². The van der Waals surface area contributed by atoms with Gasteiger partial charge in [0, 0.05) is 12.8 Å². The van der Waals surface area contributed by atoms with Crippen LogP contribution in [0.2, 0.25) is 5.02 Å². The van der Waals surface area contributed by atoms with Crippen LogP contribution in [0.15, 0.2) is 42.6 Å². The number of hydrogen-bond donors (Lipinski definition) is 2. The molecule has 2 amide bonds. The second kappa shape index (κ2) is 7.42. The number of pyridine rings is 1. The molecule has 6 nitrogen and oxygen atoms in total. The van der Waals surface area contributed by atoms with E-state index in [-0.39, 0.29) is 17.7 Å². The maximum Gasteiger partial charge on any atom is 0.258 e. The fourth-order valence-electron chi connectivity index (χ4n) is 2.40. The van der Waals surface area contributed by atoms with Crippen molar-refractivity contribution in [3.05, 3.63) is 53.2 Å². The fraction of sp³-hybridized carbons (Fsp3) is 0.235. The van der Waals surface area contributed by atoms with Crippen LogP contribution in [-0.2, 0) is 9.53 Å². The Hall–Kier alpha value is -2.44. The Morgan fingerprint density at radius 1 is 1.17 bits per heavy atom. The molecule has 0 aliphatic carbocycles. The third-order valence-electron chi connectivity index (χ3n) is 3.70. The quantitative estimate of drug-likeness (QED) is 0.892. The van der Waals surface area contributed by atoms with Crippen molar-refractivity contribution in [2.24, 2.45) is 5.92 Å². The first-order chi connectivity index (χ1) is 11.6. The Labute approximate surface area is 144 Å². The van der Waals surface area contributed by atoms with Crippen LogP contribution in [0.4, 0.5) is 11.5 Å². The summed E-state index contributed by atoms with van der Waals surface area (Å²) in [7, 11) is 0. The maximum absolute atomic E-state index is 12.5. The predicted molar refractivity (Wildman–Crippen MR) is 91.2 cm³/mol. The molecule has 0 saturated carbocycles. The molecule has 1 aliphatic heterocycles. The highest BCUT2D eigenvalue weighted by atomic mass is 35.5. The van der Waals surface area contributed by atoms with Gasteiger partial charge in [-0.05, 0) is 30.7 Å². The summed E-state index contributed by atoms with van der Waals surface area (Å²) < 4.78 is 5.22. The number of para-hydroxylation sites is 1. The van der Waals surface area contributed by atoms with Crippen molar-refractivity contribution in [3.63, 3.8) is 0 Å². The summed E-state index contributed by atoms with van der Waals surface area (Å²) >= 11 is 5.78. The van der Waals surface area contributed by atoms with Gasteiger partial charge in [-0.15, -0.1) is 0 Å². The molecule has 0 radical (unpaired) electrons. The monoisotopic (exact) mass is 345 g/mol. The lowest BCUT2D eigenvalue weighted by atomic mass is 10.1. The molecule has 1 atom stereocenters. The van der Waals surface area contributed by atoms with E-state index in [1.165, 1.54) is 6.20 Å². The zero-order valence-corrected chi connectivity index (χ0v) is 13.5. The summed E-state index contributed by atoms with van der Waals surface area (Å²) in [6.07, 6.45) is 2.14. The zero-order chi connectivity index (χ0) is 16.9. The van der Waals surface area contributed by atoms with E-state index in [0.29, 0.717) is 41.7 Å². The van der Waals surface area contributed by atoms with Crippen LogP contribution < -0.4 is 10.6 Å². The summed E-state index contributed by atoms with van der Waals surface area (Å²) in [5.74, 6) is -0.297. The molecule has 2 N–H and O–H groups in total. The fourth-order valence-corrected chi connectivity index (χ4v) is 2.51. The minimum absolute atomic E-state index is 0.141. The molecule has 1 aromatic heterocycles. The number of halogens is 1. The van der Waals surface area contributed by atoms with E-state index in [4.69, 9.17) is 16.3 Å². The molecule has 0 unspecified atom stereocenters. The van der Waals surface area contributed by atoms with Gasteiger partial charge in [0.15, 0.2) is 0 Å². The molecule has 0 bridgehead atoms. The van der Waals surface area contributed by atoms with Crippen molar-refractivity contribution in [2.45, 2.75) is 6.42 Å². The van der Waals surface area contributed by atoms with Crippen molar-refractivity contribution < 1.29 is 14.3 Å². The molecule has 1 saturated heterocycles. The van der Waals surface area contributed by atoms with E-state index in [1.54, 1.807) is 36.4 Å². The molecular weight excluding hydrogens is 330 g/mol. The van der Waals surface area contributed by atoms with Gasteiger partial charge in [-0.3, -0.25) is 9.59 Å². The number of carbonyl (C=O) groups excluding carboxylic acids is 2. The van der Waals surface area contributed by atoms with Crippen LogP contribution >= 0.6 is 11.6 Å². The smallest absolute Gasteiger partial charge is 0.258 e. The number of amides is 2. The van der Waals surface area contributed by atoms with Gasteiger partial charge in [0.2, 0.25) is 5.91 Å². The summed E-state index contributed by atoms with van der Waals surface area (Å²) in [5.41, 5.74) is 0.822. The molecule has 2 heterocycles. The van der Waals surface area contributed by atoms with Gasteiger partial charge in [0.05, 0.1) is 28.8 Å². The van der Waals surface area contributed by atoms with Crippen molar-refractivity contribution in [2.75, 3.05) is 23.8 Å². The summed E-state index contributed by atoms with van der Waals surface area (Å²) in [4.78, 5) is 28.7. The van der Waals surface area contributed by atoms with Crippen LogP contribution in [-0.4, -0.2) is 30.0 Å². The topological polar surface area (TPSA) is 80.3 Å². The van der Waals surface area contributed by atoms with Gasteiger partial charge >= 0.3 is 0 Å². The van der Waals surface area contributed by atoms with Crippen molar-refractivity contribution in [3.8, 4) is 0 Å². The molecule has 1 fully saturated rings. The first-order valence-electron chi connectivity index (χ1n) is 7.54. The van der Waals surface area contributed by atoms with E-state index < -0.39 is 0 Å². The van der Waals surface area contributed by atoms with E-state index in [1.807, 2.05) is 0 Å². The van der Waals surface area contributed by atoms with Crippen molar-refractivity contribution in [1.29, 1.82) is 0 Å². The van der Waals surface area contributed by atoms with Gasteiger partial charge in [0.1, 0.15) is 5.82 Å². The van der Waals surface area contributed by atoms with Gasteiger partial charge in [-0.25, -0.2) is 4.98 Å². The van der Waals surface area contributed by atoms with Crippen LogP contribution in [0.1, 0.15) is 16.8 Å². The summed E-state index contributed by atoms with van der Waals surface area (Å²) in [6, 6.07) is 10.1. The lowest BCUT2D eigenvalue weighted by Crippen LogP contribution is -2.24. The number of carbonyl (C=O) groups is 2. The first kappa shape index (κ1) is 16.4. The molecular formula is C17H16ClN3O3.